The maximum absolute atomic E-state index is 6.40. The number of fused-ring (bicyclic) bond motifs is 1. The Kier molecular flexibility index (Phi) is 5.77. The van der Waals surface area contributed by atoms with Gasteiger partial charge in [0.25, 0.3) is 0 Å². The lowest BCUT2D eigenvalue weighted by atomic mass is 9.93. The zero-order valence-corrected chi connectivity index (χ0v) is 16.4. The number of rotatable bonds is 4. The molecule has 0 bridgehead atoms. The molecule has 1 aliphatic rings. The number of nitrogen functional groups attached to an aromatic ring is 1. The summed E-state index contributed by atoms with van der Waals surface area (Å²) in [7, 11) is 0. The van der Waals surface area contributed by atoms with Crippen LogP contribution in [0.3, 0.4) is 0 Å². The summed E-state index contributed by atoms with van der Waals surface area (Å²) in [6.45, 7) is 8.54. The minimum Gasteiger partial charge on any atom is -0.486 e. The summed E-state index contributed by atoms with van der Waals surface area (Å²) in [6, 6.07) is 10.6. The molecule has 1 heterocycles. The molecule has 130 valence electrons. The average molecular weight is 364 g/mol. The number of anilines is 1. The van der Waals surface area contributed by atoms with Crippen molar-refractivity contribution in [2.24, 2.45) is 0 Å². The number of hydrogen-bond donors (Lipinski definition) is 1. The Bertz CT molecular complexity index is 693. The molecule has 1 unspecified atom stereocenters. The number of halogens is 1. The average Bonchev–Trinajstić information content (AvgIpc) is 2.90. The minimum atomic E-state index is -0.141. The Morgan fingerprint density at radius 2 is 1.75 bits per heavy atom. The van der Waals surface area contributed by atoms with Gasteiger partial charge in [-0.1, -0.05) is 30.3 Å². The monoisotopic (exact) mass is 363 g/mol. The first-order valence-electron chi connectivity index (χ1n) is 8.10. The van der Waals surface area contributed by atoms with Crippen molar-refractivity contribution in [3.63, 3.8) is 0 Å². The molecular weight excluding hydrogens is 338 g/mol. The van der Waals surface area contributed by atoms with Gasteiger partial charge >= 0.3 is 0 Å². The molecule has 0 aliphatic carbocycles. The van der Waals surface area contributed by atoms with Crippen LogP contribution in [0.25, 0.3) is 0 Å². The van der Waals surface area contributed by atoms with Crippen LogP contribution in [0, 0.1) is 20.8 Å². The largest absolute Gasteiger partial charge is 0.486 e. The first kappa shape index (κ1) is 19.0. The van der Waals surface area contributed by atoms with Gasteiger partial charge in [-0.3, -0.25) is 0 Å². The Hall–Kier alpha value is -1.32. The van der Waals surface area contributed by atoms with Gasteiger partial charge in [-0.15, -0.1) is 12.4 Å². The van der Waals surface area contributed by atoms with Crippen LogP contribution >= 0.6 is 24.2 Å². The van der Waals surface area contributed by atoms with E-state index < -0.39 is 0 Å². The minimum absolute atomic E-state index is 0. The molecule has 0 amide bonds. The summed E-state index contributed by atoms with van der Waals surface area (Å²) in [4.78, 5) is 0. The lowest BCUT2D eigenvalue weighted by Crippen LogP contribution is -2.33. The molecule has 0 saturated heterocycles. The number of hydrogen-bond acceptors (Lipinski definition) is 3. The summed E-state index contributed by atoms with van der Waals surface area (Å²) >= 11 is 1.94. The van der Waals surface area contributed by atoms with Crippen molar-refractivity contribution in [2.75, 3.05) is 11.5 Å². The van der Waals surface area contributed by atoms with E-state index in [0.29, 0.717) is 0 Å². The van der Waals surface area contributed by atoms with Crippen LogP contribution in [0.5, 0.6) is 5.75 Å². The van der Waals surface area contributed by atoms with Gasteiger partial charge in [0.1, 0.15) is 11.4 Å². The quantitative estimate of drug-likeness (QED) is 0.754. The van der Waals surface area contributed by atoms with Gasteiger partial charge in [-0.05, 0) is 49.9 Å². The van der Waals surface area contributed by atoms with Gasteiger partial charge in [0.05, 0.1) is 0 Å². The highest BCUT2D eigenvalue weighted by Gasteiger charge is 2.37. The lowest BCUT2D eigenvalue weighted by Gasteiger charge is -2.24. The molecule has 3 rings (SSSR count). The second-order valence-electron chi connectivity index (χ2n) is 6.80. The summed E-state index contributed by atoms with van der Waals surface area (Å²) in [5.41, 5.74) is 13.2. The third-order valence-electron chi connectivity index (χ3n) is 4.86. The number of thioether (sulfide) groups is 1. The van der Waals surface area contributed by atoms with Crippen molar-refractivity contribution >= 4 is 29.9 Å². The van der Waals surface area contributed by atoms with Gasteiger partial charge in [-0.25, -0.2) is 0 Å². The maximum Gasteiger partial charge on any atom is 0.127 e. The molecule has 24 heavy (non-hydrogen) atoms. The SMILES string of the molecule is Cc1c(C)c2c(c(C)c1N)CC(C)(CSCc1ccccc1)O2.Cl. The number of nitrogens with two attached hydrogens (primary N) is 1. The van der Waals surface area contributed by atoms with Gasteiger partial charge in [0, 0.05) is 29.2 Å². The fraction of sp³-hybridized carbons (Fsp3) is 0.400. The third-order valence-corrected chi connectivity index (χ3v) is 6.21. The number of ether oxygens (including phenoxy) is 1. The van der Waals surface area contributed by atoms with Crippen molar-refractivity contribution < 1.29 is 4.74 Å². The molecule has 2 aromatic carbocycles. The topological polar surface area (TPSA) is 35.2 Å². The van der Waals surface area contributed by atoms with E-state index >= 15 is 0 Å². The maximum atomic E-state index is 6.40. The Morgan fingerprint density at radius 3 is 2.42 bits per heavy atom. The highest BCUT2D eigenvalue weighted by atomic mass is 35.5. The molecule has 1 aliphatic heterocycles. The Labute approximate surface area is 155 Å². The second kappa shape index (κ2) is 7.28. The zero-order valence-electron chi connectivity index (χ0n) is 14.8. The molecule has 2 N–H and O–H groups in total. The zero-order chi connectivity index (χ0) is 16.6. The molecule has 0 saturated carbocycles. The van der Waals surface area contributed by atoms with E-state index in [1.807, 2.05) is 11.8 Å². The van der Waals surface area contributed by atoms with E-state index in [4.69, 9.17) is 10.5 Å². The van der Waals surface area contributed by atoms with Crippen LogP contribution in [-0.4, -0.2) is 11.4 Å². The van der Waals surface area contributed by atoms with Crippen LogP contribution in [0.2, 0.25) is 0 Å². The smallest absolute Gasteiger partial charge is 0.127 e. The molecule has 2 aromatic rings. The summed E-state index contributed by atoms with van der Waals surface area (Å²) < 4.78 is 6.40. The van der Waals surface area contributed by atoms with Crippen LogP contribution in [-0.2, 0) is 12.2 Å². The number of benzene rings is 2. The first-order chi connectivity index (χ1) is 10.9. The highest BCUT2D eigenvalue weighted by Crippen LogP contribution is 2.44. The standard InChI is InChI=1S/C20H25NOS.ClH/c1-13-14(2)19-17(15(3)18(13)21)10-20(4,22-19)12-23-11-16-8-6-5-7-9-16;/h5-9H,10-12,21H2,1-4H3;1H. The normalized spacial score (nSPS) is 18.7. The van der Waals surface area contributed by atoms with Crippen molar-refractivity contribution in [3.8, 4) is 5.75 Å². The summed E-state index contributed by atoms with van der Waals surface area (Å²) in [6.07, 6.45) is 0.946. The predicted octanol–water partition coefficient (Wildman–Crippen LogP) is 5.24. The molecule has 4 heteroatoms. The third kappa shape index (κ3) is 3.52. The molecule has 0 fully saturated rings. The fourth-order valence-electron chi connectivity index (χ4n) is 3.26. The van der Waals surface area contributed by atoms with E-state index in [1.54, 1.807) is 0 Å². The molecular formula is C20H26ClNOS. The van der Waals surface area contributed by atoms with E-state index in [2.05, 4.69) is 58.0 Å². The first-order valence-corrected chi connectivity index (χ1v) is 9.25. The van der Waals surface area contributed by atoms with Crippen LogP contribution < -0.4 is 10.5 Å². The fourth-order valence-corrected chi connectivity index (χ4v) is 4.38. The Morgan fingerprint density at radius 1 is 1.08 bits per heavy atom. The Balaban J connectivity index is 0.00000208. The molecule has 0 aromatic heterocycles. The molecule has 2 nitrogen and oxygen atoms in total. The lowest BCUT2D eigenvalue weighted by molar-refractivity contribution is 0.143. The van der Waals surface area contributed by atoms with Gasteiger partial charge in [0.15, 0.2) is 0 Å². The van der Waals surface area contributed by atoms with E-state index in [0.717, 1.165) is 34.9 Å². The molecule has 1 atom stereocenters. The van der Waals surface area contributed by atoms with E-state index in [-0.39, 0.29) is 18.0 Å². The van der Waals surface area contributed by atoms with Gasteiger partial charge < -0.3 is 10.5 Å². The second-order valence-corrected chi connectivity index (χ2v) is 7.79. The summed E-state index contributed by atoms with van der Waals surface area (Å²) in [5.74, 6) is 3.07. The van der Waals surface area contributed by atoms with Crippen molar-refractivity contribution in [3.05, 3.63) is 58.1 Å². The van der Waals surface area contributed by atoms with Crippen molar-refractivity contribution in [2.45, 2.75) is 45.5 Å². The van der Waals surface area contributed by atoms with E-state index in [9.17, 15) is 0 Å². The van der Waals surface area contributed by atoms with Crippen LogP contribution in [0.15, 0.2) is 30.3 Å². The van der Waals surface area contributed by atoms with Crippen LogP contribution in [0.4, 0.5) is 5.69 Å². The molecule has 0 radical (unpaired) electrons. The van der Waals surface area contributed by atoms with Gasteiger partial charge in [0.2, 0.25) is 0 Å². The summed E-state index contributed by atoms with van der Waals surface area (Å²) in [5, 5.41) is 0. The van der Waals surface area contributed by atoms with E-state index in [1.165, 1.54) is 22.3 Å². The van der Waals surface area contributed by atoms with Crippen LogP contribution in [0.1, 0.15) is 34.7 Å². The predicted molar refractivity (Wildman–Crippen MR) is 108 cm³/mol. The molecule has 0 spiro atoms. The highest BCUT2D eigenvalue weighted by molar-refractivity contribution is 7.98. The van der Waals surface area contributed by atoms with Crippen molar-refractivity contribution in [1.29, 1.82) is 0 Å². The van der Waals surface area contributed by atoms with Crippen molar-refractivity contribution in [1.82, 2.24) is 0 Å². The van der Waals surface area contributed by atoms with Gasteiger partial charge in [-0.2, -0.15) is 11.8 Å².